The number of morpholine rings is 1. The number of H-pyrrole nitrogens is 1. The molecule has 0 radical (unpaired) electrons. The van der Waals surface area contributed by atoms with E-state index in [2.05, 4.69) is 82.3 Å². The van der Waals surface area contributed by atoms with E-state index in [1.54, 1.807) is 42.8 Å². The first-order valence-corrected chi connectivity index (χ1v) is 24.1. The second-order valence-corrected chi connectivity index (χ2v) is 17.7. The third-order valence-corrected chi connectivity index (χ3v) is 12.3. The van der Waals surface area contributed by atoms with Crippen LogP contribution in [0.25, 0.3) is 22.8 Å². The van der Waals surface area contributed by atoms with Gasteiger partial charge in [-0.3, -0.25) is 24.1 Å². The van der Waals surface area contributed by atoms with Crippen LogP contribution in [0.5, 0.6) is 0 Å². The number of nitrogens with zero attached hydrogens (tertiary/aromatic N) is 12. The number of aromatic nitrogens is 12. The van der Waals surface area contributed by atoms with Crippen molar-refractivity contribution in [3.63, 3.8) is 0 Å². The SMILES string of the molecule is Cc1cc(CNC(=O)c2cc(C(=O)N[C@@H](C)c3ccc(-c4nn[nH]n4)cc3)ncn2)ccc1F.Cc1cc(CNC(=O)c2cc(C(=O)N[C@@H](C)c3ccc(-c4nnnn4CCN4CCOCC4)cc3)ncn2)ccc1F. The lowest BCUT2D eigenvalue weighted by Gasteiger charge is -2.26. The van der Waals surface area contributed by atoms with Crippen LogP contribution in [-0.2, 0) is 24.4 Å². The summed E-state index contributed by atoms with van der Waals surface area (Å²) in [6.45, 7) is 12.2. The molecule has 22 nitrogen and oxygen atoms in total. The van der Waals surface area contributed by atoms with Crippen molar-refractivity contribution in [2.24, 2.45) is 0 Å². The molecule has 9 rings (SSSR count). The van der Waals surface area contributed by atoms with Gasteiger partial charge in [-0.1, -0.05) is 72.8 Å². The number of hydrogen-bond donors (Lipinski definition) is 5. The molecule has 4 amide bonds. The Bertz CT molecular complexity index is 3280. The van der Waals surface area contributed by atoms with Gasteiger partial charge in [-0.15, -0.1) is 15.3 Å². The van der Waals surface area contributed by atoms with Gasteiger partial charge in [0.05, 0.1) is 31.8 Å². The third-order valence-electron chi connectivity index (χ3n) is 12.3. The standard InChI is InChI=1S/C29H32FN9O3.C23H21FN8O2/c1-19-15-21(3-8-24(19)30)17-31-28(40)25-16-26(33-18-32-25)29(41)34-20(2)22-4-6-23(7-5-22)27-35-36-37-39(27)10-9-38-11-13-42-14-12-38;1-13-9-15(3-8-18(13)24)11-25-22(33)19-10-20(27-12-26-19)23(34)28-14(2)16-4-6-17(7-5-16)21-29-31-32-30-21/h3-8,15-16,18,20H,9-14,17H2,1-2H3,(H,31,40)(H,34,41);3-10,12,14H,11H2,1-2H3,(H,25,33)(H,28,34)(H,29,30,31,32)/t20-;14-/m00/s1. The van der Waals surface area contributed by atoms with Gasteiger partial charge in [0.15, 0.2) is 5.82 Å². The number of halogens is 2. The first-order chi connectivity index (χ1) is 36.8. The number of hydrogen-bond acceptors (Lipinski definition) is 16. The zero-order valence-corrected chi connectivity index (χ0v) is 41.9. The summed E-state index contributed by atoms with van der Waals surface area (Å²) in [5, 5.41) is 37.2. The minimum Gasteiger partial charge on any atom is -0.379 e. The number of tetrazole rings is 2. The van der Waals surface area contributed by atoms with E-state index in [-0.39, 0.29) is 59.6 Å². The van der Waals surface area contributed by atoms with Crippen LogP contribution in [0.1, 0.15) is 101 Å². The molecule has 0 saturated carbocycles. The summed E-state index contributed by atoms with van der Waals surface area (Å²) in [6.07, 6.45) is 2.34. The first-order valence-electron chi connectivity index (χ1n) is 24.1. The van der Waals surface area contributed by atoms with Gasteiger partial charge < -0.3 is 26.0 Å². The molecule has 5 N–H and O–H groups in total. The van der Waals surface area contributed by atoms with Crippen molar-refractivity contribution in [3.05, 3.63) is 178 Å². The number of aryl methyl sites for hydroxylation is 2. The number of carbonyl (C=O) groups excluding carboxylic acids is 4. The summed E-state index contributed by atoms with van der Waals surface area (Å²) in [4.78, 5) is 69.1. The third kappa shape index (κ3) is 14.1. The van der Waals surface area contributed by atoms with Crippen LogP contribution in [0.4, 0.5) is 8.78 Å². The fraction of sp³-hybridized carbons (Fsp3) is 0.269. The lowest BCUT2D eigenvalue weighted by Crippen LogP contribution is -2.38. The summed E-state index contributed by atoms with van der Waals surface area (Å²) in [5.41, 5.74) is 6.11. The maximum absolute atomic E-state index is 13.5. The lowest BCUT2D eigenvalue weighted by molar-refractivity contribution is 0.0359. The highest BCUT2D eigenvalue weighted by Gasteiger charge is 2.20. The molecular formula is C52H53F2N17O5. The average molecular weight is 1030 g/mol. The molecule has 5 heterocycles. The van der Waals surface area contributed by atoms with Crippen LogP contribution in [0.2, 0.25) is 0 Å². The highest BCUT2D eigenvalue weighted by molar-refractivity contribution is 5.98. The Hall–Kier alpha value is -9.16. The Balaban J connectivity index is 0.000000206. The maximum Gasteiger partial charge on any atom is 0.270 e. The topological polar surface area (TPSA) is 278 Å². The van der Waals surface area contributed by atoms with E-state index in [1.165, 1.54) is 30.6 Å². The van der Waals surface area contributed by atoms with Crippen molar-refractivity contribution < 1.29 is 32.7 Å². The summed E-state index contributed by atoms with van der Waals surface area (Å²) in [5.74, 6) is -1.29. The molecule has 390 valence electrons. The summed E-state index contributed by atoms with van der Waals surface area (Å²) in [6, 6.07) is 26.3. The van der Waals surface area contributed by atoms with E-state index in [9.17, 15) is 28.0 Å². The largest absolute Gasteiger partial charge is 0.379 e. The second-order valence-electron chi connectivity index (χ2n) is 17.7. The van der Waals surface area contributed by atoms with Gasteiger partial charge in [-0.25, -0.2) is 33.4 Å². The van der Waals surface area contributed by atoms with Crippen LogP contribution in [0, 0.1) is 25.5 Å². The molecule has 1 aliphatic heterocycles. The van der Waals surface area contributed by atoms with Crippen LogP contribution in [-0.4, -0.2) is 122 Å². The molecule has 1 aliphatic rings. The molecule has 4 aromatic carbocycles. The average Bonchev–Trinajstić information content (AvgIpc) is 4.18. The van der Waals surface area contributed by atoms with Crippen LogP contribution >= 0.6 is 0 Å². The van der Waals surface area contributed by atoms with Gasteiger partial charge >= 0.3 is 0 Å². The summed E-state index contributed by atoms with van der Waals surface area (Å²) in [7, 11) is 0. The zero-order chi connectivity index (χ0) is 53.6. The highest BCUT2D eigenvalue weighted by atomic mass is 19.1. The van der Waals surface area contributed by atoms with E-state index >= 15 is 0 Å². The number of carbonyl (C=O) groups is 4. The predicted molar refractivity (Wildman–Crippen MR) is 271 cm³/mol. The van der Waals surface area contributed by atoms with E-state index in [4.69, 9.17) is 4.74 Å². The number of nitrogens with one attached hydrogen (secondary N) is 5. The molecule has 2 atom stereocenters. The highest BCUT2D eigenvalue weighted by Crippen LogP contribution is 2.22. The summed E-state index contributed by atoms with van der Waals surface area (Å²) < 4.78 is 34.1. The van der Waals surface area contributed by atoms with E-state index in [0.29, 0.717) is 29.3 Å². The van der Waals surface area contributed by atoms with E-state index in [0.717, 1.165) is 72.6 Å². The fourth-order valence-electron chi connectivity index (χ4n) is 7.85. The van der Waals surface area contributed by atoms with E-state index in [1.807, 2.05) is 62.4 Å². The zero-order valence-electron chi connectivity index (χ0n) is 41.9. The smallest absolute Gasteiger partial charge is 0.270 e. The normalized spacial score (nSPS) is 13.1. The Kier molecular flexibility index (Phi) is 17.6. The Morgan fingerprint density at radius 3 is 1.58 bits per heavy atom. The summed E-state index contributed by atoms with van der Waals surface area (Å²) >= 11 is 0. The molecule has 76 heavy (non-hydrogen) atoms. The molecule has 1 fully saturated rings. The number of ether oxygens (including phenoxy) is 1. The molecule has 24 heteroatoms. The molecule has 0 unspecified atom stereocenters. The number of rotatable bonds is 17. The molecule has 0 bridgehead atoms. The Morgan fingerprint density at radius 1 is 0.618 bits per heavy atom. The van der Waals surface area contributed by atoms with Gasteiger partial charge in [-0.05, 0) is 88.8 Å². The van der Waals surface area contributed by atoms with Crippen molar-refractivity contribution in [2.45, 2.75) is 59.4 Å². The van der Waals surface area contributed by atoms with Gasteiger partial charge in [0.1, 0.15) is 47.1 Å². The molecular weight excluding hydrogens is 981 g/mol. The van der Waals surface area contributed by atoms with Crippen LogP contribution in [0.15, 0.2) is 110 Å². The predicted octanol–water partition coefficient (Wildman–Crippen LogP) is 4.86. The van der Waals surface area contributed by atoms with Gasteiger partial charge in [0.2, 0.25) is 5.82 Å². The van der Waals surface area contributed by atoms with Crippen molar-refractivity contribution in [1.29, 1.82) is 0 Å². The van der Waals surface area contributed by atoms with Gasteiger partial charge in [0.25, 0.3) is 23.6 Å². The number of amides is 4. The minimum atomic E-state index is -0.469. The fourth-order valence-corrected chi connectivity index (χ4v) is 7.85. The van der Waals surface area contributed by atoms with Crippen molar-refractivity contribution >= 4 is 23.6 Å². The number of aromatic amines is 1. The monoisotopic (exact) mass is 1030 g/mol. The lowest BCUT2D eigenvalue weighted by atomic mass is 10.1. The second kappa shape index (κ2) is 25.2. The Morgan fingerprint density at radius 2 is 1.11 bits per heavy atom. The molecule has 0 spiro atoms. The van der Waals surface area contributed by atoms with Crippen LogP contribution in [0.3, 0.4) is 0 Å². The van der Waals surface area contributed by atoms with Crippen molar-refractivity contribution in [1.82, 2.24) is 86.9 Å². The van der Waals surface area contributed by atoms with Gasteiger partial charge in [0, 0.05) is 56.0 Å². The molecule has 0 aliphatic carbocycles. The van der Waals surface area contributed by atoms with Crippen LogP contribution < -0.4 is 21.3 Å². The molecule has 1 saturated heterocycles. The minimum absolute atomic E-state index is 0.0519. The molecule has 8 aromatic rings. The Labute approximate surface area is 434 Å². The quantitative estimate of drug-likeness (QED) is 0.0815. The first kappa shape index (κ1) is 53.1. The maximum atomic E-state index is 13.5. The number of benzene rings is 4. The molecule has 4 aromatic heterocycles. The van der Waals surface area contributed by atoms with Crippen molar-refractivity contribution in [2.75, 3.05) is 32.8 Å². The van der Waals surface area contributed by atoms with Crippen molar-refractivity contribution in [3.8, 4) is 22.8 Å². The van der Waals surface area contributed by atoms with E-state index < -0.39 is 23.6 Å². The van der Waals surface area contributed by atoms with Gasteiger partial charge in [-0.2, -0.15) is 5.21 Å².